The largest absolute Gasteiger partial charge is 0.298 e. The van der Waals surface area contributed by atoms with Crippen molar-refractivity contribution in [3.8, 4) is 11.1 Å². The highest BCUT2D eigenvalue weighted by Gasteiger charge is 2.06. The van der Waals surface area contributed by atoms with Crippen molar-refractivity contribution >= 4 is 17.9 Å². The zero-order valence-corrected chi connectivity index (χ0v) is 8.74. The highest BCUT2D eigenvalue weighted by Crippen LogP contribution is 2.29. The number of benzene rings is 2. The molecule has 1 nitrogen and oxygen atoms in total. The van der Waals surface area contributed by atoms with Crippen LogP contribution in [0.3, 0.4) is 0 Å². The molecule has 0 fully saturated rings. The van der Waals surface area contributed by atoms with Crippen LogP contribution in [0.2, 0.25) is 5.02 Å². The summed E-state index contributed by atoms with van der Waals surface area (Å²) >= 11 is 6.11. The third kappa shape index (κ3) is 1.92. The lowest BCUT2D eigenvalue weighted by molar-refractivity contribution is 0.112. The lowest BCUT2D eigenvalue weighted by atomic mass is 10.0. The summed E-state index contributed by atoms with van der Waals surface area (Å²) in [5.41, 5.74) is 2.44. The summed E-state index contributed by atoms with van der Waals surface area (Å²) in [6.07, 6.45) is 0.773. The fourth-order valence-corrected chi connectivity index (χ4v) is 1.76. The molecule has 0 bridgehead atoms. The summed E-state index contributed by atoms with van der Waals surface area (Å²) in [6, 6.07) is 15.2. The van der Waals surface area contributed by atoms with Gasteiger partial charge < -0.3 is 0 Å². The van der Waals surface area contributed by atoms with Gasteiger partial charge >= 0.3 is 0 Å². The Labute approximate surface area is 93.3 Å². The van der Waals surface area contributed by atoms with Gasteiger partial charge in [-0.3, -0.25) is 4.79 Å². The van der Waals surface area contributed by atoms with Crippen molar-refractivity contribution in [2.75, 3.05) is 0 Å². The number of halogens is 1. The lowest BCUT2D eigenvalue weighted by Gasteiger charge is -2.05. The first-order valence-corrected chi connectivity index (χ1v) is 5.00. The van der Waals surface area contributed by atoms with E-state index in [-0.39, 0.29) is 0 Å². The minimum Gasteiger partial charge on any atom is -0.298 e. The van der Waals surface area contributed by atoms with Gasteiger partial charge in [0.15, 0.2) is 6.29 Å². The van der Waals surface area contributed by atoms with Crippen LogP contribution < -0.4 is 0 Å². The zero-order valence-electron chi connectivity index (χ0n) is 7.98. The van der Waals surface area contributed by atoms with Gasteiger partial charge in [-0.05, 0) is 5.56 Å². The number of carbonyl (C=O) groups is 1. The van der Waals surface area contributed by atoms with E-state index in [0.717, 1.165) is 17.4 Å². The molecule has 0 aliphatic heterocycles. The van der Waals surface area contributed by atoms with Crippen molar-refractivity contribution < 1.29 is 4.79 Å². The zero-order chi connectivity index (χ0) is 10.7. The van der Waals surface area contributed by atoms with Crippen molar-refractivity contribution in [1.29, 1.82) is 0 Å². The Morgan fingerprint density at radius 1 is 0.933 bits per heavy atom. The van der Waals surface area contributed by atoms with Gasteiger partial charge in [0.25, 0.3) is 0 Å². The fourth-order valence-electron chi connectivity index (χ4n) is 1.48. The van der Waals surface area contributed by atoms with Crippen LogP contribution in [0.4, 0.5) is 0 Å². The molecule has 0 unspecified atom stereocenters. The maximum Gasteiger partial charge on any atom is 0.151 e. The van der Waals surface area contributed by atoms with Gasteiger partial charge in [0.05, 0.1) is 5.02 Å². The van der Waals surface area contributed by atoms with Gasteiger partial charge in [0, 0.05) is 11.1 Å². The molecule has 0 radical (unpaired) electrons. The summed E-state index contributed by atoms with van der Waals surface area (Å²) in [5.74, 6) is 0. The molecule has 0 saturated carbocycles. The van der Waals surface area contributed by atoms with Gasteiger partial charge in [-0.2, -0.15) is 0 Å². The molecule has 0 spiro atoms. The standard InChI is InChI=1S/C13H9ClO/c14-13-11(9-15)7-4-8-12(13)10-5-2-1-3-6-10/h1-9H. The quantitative estimate of drug-likeness (QED) is 0.698. The first-order valence-electron chi connectivity index (χ1n) is 4.62. The summed E-state index contributed by atoms with van der Waals surface area (Å²) in [4.78, 5) is 10.7. The lowest BCUT2D eigenvalue weighted by Crippen LogP contribution is -1.85. The number of hydrogen-bond acceptors (Lipinski definition) is 1. The van der Waals surface area contributed by atoms with E-state index in [2.05, 4.69) is 0 Å². The van der Waals surface area contributed by atoms with E-state index in [1.165, 1.54) is 0 Å². The van der Waals surface area contributed by atoms with Crippen LogP contribution in [0.25, 0.3) is 11.1 Å². The van der Waals surface area contributed by atoms with E-state index in [9.17, 15) is 4.79 Å². The molecule has 2 heteroatoms. The summed E-state index contributed by atoms with van der Waals surface area (Å²) in [6.45, 7) is 0. The van der Waals surface area contributed by atoms with Crippen LogP contribution in [0.15, 0.2) is 48.5 Å². The average Bonchev–Trinajstić information content (AvgIpc) is 2.30. The van der Waals surface area contributed by atoms with Gasteiger partial charge in [-0.1, -0.05) is 60.1 Å². The van der Waals surface area contributed by atoms with Crippen molar-refractivity contribution in [3.05, 3.63) is 59.1 Å². The van der Waals surface area contributed by atoms with Crippen LogP contribution in [0, 0.1) is 0 Å². The van der Waals surface area contributed by atoms with Gasteiger partial charge in [0.2, 0.25) is 0 Å². The Hall–Kier alpha value is -1.60. The topological polar surface area (TPSA) is 17.1 Å². The average molecular weight is 217 g/mol. The van der Waals surface area contributed by atoms with E-state index in [0.29, 0.717) is 10.6 Å². The predicted molar refractivity (Wildman–Crippen MR) is 62.3 cm³/mol. The number of hydrogen-bond donors (Lipinski definition) is 0. The first-order chi connectivity index (χ1) is 7.33. The second kappa shape index (κ2) is 4.28. The smallest absolute Gasteiger partial charge is 0.151 e. The third-order valence-corrected chi connectivity index (χ3v) is 2.66. The highest BCUT2D eigenvalue weighted by molar-refractivity contribution is 6.35. The van der Waals surface area contributed by atoms with Crippen LogP contribution in [-0.4, -0.2) is 6.29 Å². The molecule has 0 aromatic heterocycles. The highest BCUT2D eigenvalue weighted by atomic mass is 35.5. The Bertz CT molecular complexity index is 477. The number of rotatable bonds is 2. The first kappa shape index (κ1) is 9.94. The molecule has 0 aliphatic rings. The molecule has 0 heterocycles. The Balaban J connectivity index is 2.59. The van der Waals surface area contributed by atoms with Crippen molar-refractivity contribution in [1.82, 2.24) is 0 Å². The molecule has 0 atom stereocenters. The molecule has 0 N–H and O–H groups in total. The molecule has 2 aromatic rings. The monoisotopic (exact) mass is 216 g/mol. The number of aldehydes is 1. The van der Waals surface area contributed by atoms with Crippen LogP contribution in [0.1, 0.15) is 10.4 Å². The van der Waals surface area contributed by atoms with Crippen molar-refractivity contribution in [2.24, 2.45) is 0 Å². The normalized spacial score (nSPS) is 9.93. The summed E-state index contributed by atoms with van der Waals surface area (Å²) < 4.78 is 0. The van der Waals surface area contributed by atoms with E-state index in [1.807, 2.05) is 42.5 Å². The van der Waals surface area contributed by atoms with Crippen molar-refractivity contribution in [2.45, 2.75) is 0 Å². The Morgan fingerprint density at radius 3 is 2.33 bits per heavy atom. The molecule has 0 saturated heterocycles. The molecule has 2 rings (SSSR count). The van der Waals surface area contributed by atoms with Crippen LogP contribution in [-0.2, 0) is 0 Å². The van der Waals surface area contributed by atoms with Gasteiger partial charge in [-0.25, -0.2) is 0 Å². The molecule has 0 amide bonds. The van der Waals surface area contributed by atoms with Gasteiger partial charge in [0.1, 0.15) is 0 Å². The fraction of sp³-hybridized carbons (Fsp3) is 0. The minimum atomic E-state index is 0.513. The second-order valence-electron chi connectivity index (χ2n) is 3.19. The second-order valence-corrected chi connectivity index (χ2v) is 3.57. The van der Waals surface area contributed by atoms with E-state index < -0.39 is 0 Å². The molecular weight excluding hydrogens is 208 g/mol. The Morgan fingerprint density at radius 2 is 1.67 bits per heavy atom. The van der Waals surface area contributed by atoms with E-state index in [1.54, 1.807) is 6.07 Å². The molecule has 15 heavy (non-hydrogen) atoms. The molecule has 74 valence electrons. The number of carbonyl (C=O) groups excluding carboxylic acids is 1. The molecule has 0 aliphatic carbocycles. The van der Waals surface area contributed by atoms with E-state index in [4.69, 9.17) is 11.6 Å². The third-order valence-electron chi connectivity index (χ3n) is 2.24. The Kier molecular flexibility index (Phi) is 2.84. The SMILES string of the molecule is O=Cc1cccc(-c2ccccc2)c1Cl. The minimum absolute atomic E-state index is 0.513. The van der Waals surface area contributed by atoms with Crippen LogP contribution >= 0.6 is 11.6 Å². The maximum atomic E-state index is 10.7. The molecule has 2 aromatic carbocycles. The summed E-state index contributed by atoms with van der Waals surface area (Å²) in [7, 11) is 0. The molecular formula is C13H9ClO. The van der Waals surface area contributed by atoms with Gasteiger partial charge in [-0.15, -0.1) is 0 Å². The van der Waals surface area contributed by atoms with E-state index >= 15 is 0 Å². The predicted octanol–water partition coefficient (Wildman–Crippen LogP) is 3.82. The van der Waals surface area contributed by atoms with Crippen molar-refractivity contribution in [3.63, 3.8) is 0 Å². The summed E-state index contributed by atoms with van der Waals surface area (Å²) in [5, 5.41) is 0.513. The maximum absolute atomic E-state index is 10.7. The van der Waals surface area contributed by atoms with Crippen LogP contribution in [0.5, 0.6) is 0 Å².